The molecule has 0 unspecified atom stereocenters. The number of nitro benzene ring substituents is 3. The van der Waals surface area contributed by atoms with Crippen molar-refractivity contribution in [1.82, 2.24) is 4.90 Å². The maximum atomic E-state index is 13.0. The summed E-state index contributed by atoms with van der Waals surface area (Å²) in [7, 11) is 0. The van der Waals surface area contributed by atoms with E-state index in [-0.39, 0.29) is 34.2 Å². The molecule has 14 heteroatoms. The highest BCUT2D eigenvalue weighted by molar-refractivity contribution is 8.18. The molecule has 3 aromatic carbocycles. The number of nitro groups is 3. The minimum Gasteiger partial charge on any atom is -0.449 e. The van der Waals surface area contributed by atoms with Crippen molar-refractivity contribution in [2.45, 2.75) is 6.54 Å². The van der Waals surface area contributed by atoms with Crippen LogP contribution in [0.4, 0.5) is 21.9 Å². The summed E-state index contributed by atoms with van der Waals surface area (Å²) in [6.45, 7) is -0.299. The van der Waals surface area contributed by atoms with Crippen LogP contribution in [0.3, 0.4) is 0 Å². The maximum Gasteiger partial charge on any atom is 0.318 e. The van der Waals surface area contributed by atoms with E-state index >= 15 is 0 Å². The minimum atomic E-state index is -0.820. The van der Waals surface area contributed by atoms with Crippen LogP contribution in [0, 0.1) is 30.3 Å². The van der Waals surface area contributed by atoms with Crippen LogP contribution >= 0.6 is 11.8 Å². The van der Waals surface area contributed by atoms with E-state index < -0.39 is 37.3 Å². The highest BCUT2D eigenvalue weighted by Gasteiger charge is 2.36. The highest BCUT2D eigenvalue weighted by atomic mass is 32.2. The van der Waals surface area contributed by atoms with Gasteiger partial charge in [-0.3, -0.25) is 44.8 Å². The minimum absolute atomic E-state index is 0.0119. The summed E-state index contributed by atoms with van der Waals surface area (Å²) in [5, 5.41) is 33.1. The van der Waals surface area contributed by atoms with Gasteiger partial charge in [0.2, 0.25) is 5.75 Å². The van der Waals surface area contributed by atoms with Gasteiger partial charge in [-0.25, -0.2) is 0 Å². The zero-order valence-electron chi connectivity index (χ0n) is 18.5. The van der Waals surface area contributed by atoms with Gasteiger partial charge in [-0.15, -0.1) is 0 Å². The molecule has 4 rings (SSSR count). The number of para-hydroxylation sites is 2. The van der Waals surface area contributed by atoms with Crippen molar-refractivity contribution in [3.05, 3.63) is 113 Å². The number of thioether (sulfide) groups is 1. The molecule has 37 heavy (non-hydrogen) atoms. The molecule has 186 valence electrons. The van der Waals surface area contributed by atoms with Gasteiger partial charge in [-0.1, -0.05) is 36.4 Å². The first-order valence-electron chi connectivity index (χ1n) is 10.3. The third-order valence-electron chi connectivity index (χ3n) is 5.17. The molecule has 1 aliphatic rings. The van der Waals surface area contributed by atoms with E-state index in [2.05, 4.69) is 0 Å². The van der Waals surface area contributed by atoms with Gasteiger partial charge < -0.3 is 4.74 Å². The molecule has 2 amide bonds. The third kappa shape index (κ3) is 5.28. The molecule has 0 aliphatic carbocycles. The van der Waals surface area contributed by atoms with Crippen molar-refractivity contribution in [3.63, 3.8) is 0 Å². The molecule has 0 radical (unpaired) electrons. The van der Waals surface area contributed by atoms with E-state index in [0.717, 1.165) is 23.1 Å². The van der Waals surface area contributed by atoms with Crippen LogP contribution in [0.1, 0.15) is 11.1 Å². The lowest BCUT2D eigenvalue weighted by atomic mass is 10.1. The molecular formula is C23H14N4O9S. The molecule has 0 aromatic heterocycles. The van der Waals surface area contributed by atoms with Crippen molar-refractivity contribution in [2.24, 2.45) is 0 Å². The molecule has 3 aromatic rings. The fourth-order valence-corrected chi connectivity index (χ4v) is 4.26. The second-order valence-electron chi connectivity index (χ2n) is 7.46. The first kappa shape index (κ1) is 25.0. The number of non-ortho nitro benzene ring substituents is 1. The van der Waals surface area contributed by atoms with E-state index in [1.165, 1.54) is 30.3 Å². The Hall–Kier alpha value is -5.11. The van der Waals surface area contributed by atoms with E-state index in [9.17, 15) is 39.9 Å². The molecule has 1 heterocycles. The molecular weight excluding hydrogens is 508 g/mol. The molecule has 0 atom stereocenters. The summed E-state index contributed by atoms with van der Waals surface area (Å²) in [5.74, 6) is -0.852. The molecule has 1 fully saturated rings. The Morgan fingerprint density at radius 2 is 1.49 bits per heavy atom. The quantitative estimate of drug-likeness (QED) is 0.210. The Kier molecular flexibility index (Phi) is 6.92. The van der Waals surface area contributed by atoms with Crippen molar-refractivity contribution < 1.29 is 29.1 Å². The second kappa shape index (κ2) is 10.2. The van der Waals surface area contributed by atoms with E-state index in [0.29, 0.717) is 17.3 Å². The largest absolute Gasteiger partial charge is 0.449 e. The summed E-state index contributed by atoms with van der Waals surface area (Å²) >= 11 is 0.628. The Bertz CT molecular complexity index is 1510. The summed E-state index contributed by atoms with van der Waals surface area (Å²) in [4.78, 5) is 57.9. The van der Waals surface area contributed by atoms with Gasteiger partial charge in [0.25, 0.3) is 22.5 Å². The van der Waals surface area contributed by atoms with Crippen LogP contribution in [-0.4, -0.2) is 30.8 Å². The van der Waals surface area contributed by atoms with Gasteiger partial charge in [0.05, 0.1) is 32.3 Å². The first-order chi connectivity index (χ1) is 17.7. The number of carbonyl (C=O) groups excluding carboxylic acids is 2. The van der Waals surface area contributed by atoms with E-state index in [1.54, 1.807) is 24.3 Å². The molecule has 0 spiro atoms. The Morgan fingerprint density at radius 1 is 0.811 bits per heavy atom. The number of hydrogen-bond acceptors (Lipinski definition) is 10. The molecule has 0 N–H and O–H groups in total. The second-order valence-corrected chi connectivity index (χ2v) is 8.45. The number of imide groups is 1. The summed E-state index contributed by atoms with van der Waals surface area (Å²) in [6, 6.07) is 14.9. The lowest BCUT2D eigenvalue weighted by Gasteiger charge is -2.12. The summed E-state index contributed by atoms with van der Waals surface area (Å²) in [5.41, 5.74) is -0.862. The van der Waals surface area contributed by atoms with Crippen molar-refractivity contribution in [2.75, 3.05) is 0 Å². The van der Waals surface area contributed by atoms with Gasteiger partial charge in [-0.05, 0) is 30.0 Å². The zero-order valence-corrected chi connectivity index (χ0v) is 19.3. The van der Waals surface area contributed by atoms with Crippen LogP contribution in [0.5, 0.6) is 11.5 Å². The summed E-state index contributed by atoms with van der Waals surface area (Å²) < 4.78 is 5.67. The first-order valence-corrected chi connectivity index (χ1v) is 11.1. The lowest BCUT2D eigenvalue weighted by Crippen LogP contribution is -2.27. The highest BCUT2D eigenvalue weighted by Crippen LogP contribution is 2.39. The van der Waals surface area contributed by atoms with Gasteiger partial charge in [0.1, 0.15) is 5.75 Å². The van der Waals surface area contributed by atoms with Crippen LogP contribution < -0.4 is 4.74 Å². The average molecular weight is 522 g/mol. The number of rotatable bonds is 8. The number of carbonyl (C=O) groups is 2. The number of nitrogens with zero attached hydrogens (tertiary/aromatic N) is 4. The third-order valence-corrected chi connectivity index (χ3v) is 6.07. The molecule has 13 nitrogen and oxygen atoms in total. The van der Waals surface area contributed by atoms with Crippen molar-refractivity contribution >= 4 is 46.0 Å². The number of amides is 2. The van der Waals surface area contributed by atoms with Gasteiger partial charge in [0, 0.05) is 23.3 Å². The topological polar surface area (TPSA) is 176 Å². The smallest absolute Gasteiger partial charge is 0.318 e. The van der Waals surface area contributed by atoms with Crippen LogP contribution in [-0.2, 0) is 11.3 Å². The summed E-state index contributed by atoms with van der Waals surface area (Å²) in [6.07, 6.45) is 1.36. The van der Waals surface area contributed by atoms with Crippen LogP contribution in [0.25, 0.3) is 6.08 Å². The molecule has 0 saturated carbocycles. The maximum absolute atomic E-state index is 13.0. The van der Waals surface area contributed by atoms with Crippen molar-refractivity contribution in [3.8, 4) is 11.5 Å². The monoisotopic (exact) mass is 522 g/mol. The Balaban J connectivity index is 1.63. The Morgan fingerprint density at radius 3 is 2.19 bits per heavy atom. The SMILES string of the molecule is O=C1S/C(=C/c2ccccc2Oc2ccc([N+](=O)[O-])cc2[N+](=O)[O-])C(=O)N1Cc1ccccc1[N+](=O)[O-]. The fourth-order valence-electron chi connectivity index (χ4n) is 3.43. The zero-order chi connectivity index (χ0) is 26.7. The number of hydrogen-bond donors (Lipinski definition) is 0. The lowest BCUT2D eigenvalue weighted by molar-refractivity contribution is -0.394. The van der Waals surface area contributed by atoms with E-state index in [1.807, 2.05) is 0 Å². The van der Waals surface area contributed by atoms with Gasteiger partial charge >= 0.3 is 5.69 Å². The number of benzene rings is 3. The molecule has 0 bridgehead atoms. The number of ether oxygens (including phenoxy) is 1. The Labute approximate surface area is 211 Å². The van der Waals surface area contributed by atoms with Gasteiger partial charge in [0.15, 0.2) is 0 Å². The molecule has 1 aliphatic heterocycles. The van der Waals surface area contributed by atoms with Gasteiger partial charge in [-0.2, -0.15) is 0 Å². The standard InChI is InChI=1S/C23H14N4O9S/c28-22-21(37-23(29)24(22)13-15-6-1-3-7-17(15)26(32)33)11-14-5-2-4-8-19(14)36-20-10-9-16(25(30)31)12-18(20)27(34)35/h1-12H,13H2/b21-11+. The van der Waals surface area contributed by atoms with Crippen LogP contribution in [0.15, 0.2) is 71.6 Å². The van der Waals surface area contributed by atoms with E-state index in [4.69, 9.17) is 4.74 Å². The van der Waals surface area contributed by atoms with Crippen molar-refractivity contribution in [1.29, 1.82) is 0 Å². The normalized spacial score (nSPS) is 14.2. The van der Waals surface area contributed by atoms with Crippen LogP contribution in [0.2, 0.25) is 0 Å². The predicted octanol–water partition coefficient (Wildman–Crippen LogP) is 5.44. The fraction of sp³-hybridized carbons (Fsp3) is 0.0435. The average Bonchev–Trinajstić information content (AvgIpc) is 3.12. The molecule has 1 saturated heterocycles. The predicted molar refractivity (Wildman–Crippen MR) is 131 cm³/mol.